The van der Waals surface area contributed by atoms with Gasteiger partial charge in [0.15, 0.2) is 0 Å². The topological polar surface area (TPSA) is 40.5 Å². The number of aromatic hydroxyl groups is 1. The largest absolute Gasteiger partial charge is 0.508 e. The molecule has 1 aromatic rings. The number of fused-ring (bicyclic) bond motifs is 3. The summed E-state index contributed by atoms with van der Waals surface area (Å²) < 4.78 is 0. The molecule has 124 valence electrons. The first-order valence-electron chi connectivity index (χ1n) is 9.56. The lowest BCUT2D eigenvalue weighted by Crippen LogP contribution is -2.53. The molecule has 5 rings (SSSR count). The highest BCUT2D eigenvalue weighted by atomic mass is 16.3. The Morgan fingerprint density at radius 2 is 2.00 bits per heavy atom. The number of hydrogen-bond acceptors (Lipinski definition) is 2. The number of aliphatic hydroxyl groups excluding tert-OH is 1. The van der Waals surface area contributed by atoms with Crippen LogP contribution in [0.3, 0.4) is 0 Å². The molecule has 2 nitrogen and oxygen atoms in total. The number of rotatable bonds is 0. The minimum absolute atomic E-state index is 0.0880. The molecule has 4 aliphatic carbocycles. The summed E-state index contributed by atoms with van der Waals surface area (Å²) >= 11 is 0. The highest BCUT2D eigenvalue weighted by Gasteiger charge is 2.69. The molecule has 1 spiro atoms. The SMILES string of the molecule is C[C@]12CC[C@@H]3c4ccc(O)cc4CC[C@H]3[C@]13CCC[C@@H]3C[C@H]2O. The maximum absolute atomic E-state index is 10.9. The van der Waals surface area contributed by atoms with Gasteiger partial charge < -0.3 is 10.2 Å². The maximum Gasteiger partial charge on any atom is 0.115 e. The molecule has 3 fully saturated rings. The van der Waals surface area contributed by atoms with Crippen molar-refractivity contribution in [2.24, 2.45) is 22.7 Å². The van der Waals surface area contributed by atoms with Crippen LogP contribution in [0.5, 0.6) is 5.75 Å². The number of phenols is 1. The molecule has 0 heterocycles. The van der Waals surface area contributed by atoms with Crippen molar-refractivity contribution >= 4 is 0 Å². The minimum atomic E-state index is -0.0880. The molecule has 0 aromatic heterocycles. The Morgan fingerprint density at radius 1 is 1.13 bits per heavy atom. The zero-order valence-electron chi connectivity index (χ0n) is 14.1. The van der Waals surface area contributed by atoms with Crippen LogP contribution in [0.1, 0.15) is 68.9 Å². The number of aliphatic hydroxyl groups is 1. The summed E-state index contributed by atoms with van der Waals surface area (Å²) in [5.74, 6) is 2.55. The van der Waals surface area contributed by atoms with Crippen molar-refractivity contribution in [3.8, 4) is 5.75 Å². The van der Waals surface area contributed by atoms with E-state index in [0.717, 1.165) is 24.7 Å². The average Bonchev–Trinajstić information content (AvgIpc) is 3.03. The zero-order chi connectivity index (χ0) is 15.8. The van der Waals surface area contributed by atoms with Crippen LogP contribution in [-0.2, 0) is 6.42 Å². The Bertz CT molecular complexity index is 653. The summed E-state index contributed by atoms with van der Waals surface area (Å²) in [4.78, 5) is 0. The van der Waals surface area contributed by atoms with Crippen LogP contribution in [0.15, 0.2) is 18.2 Å². The van der Waals surface area contributed by atoms with Gasteiger partial charge in [0.1, 0.15) is 5.75 Å². The molecule has 2 heteroatoms. The Morgan fingerprint density at radius 3 is 2.87 bits per heavy atom. The standard InChI is InChI=1S/C21H28O2/c1-20-10-8-17-16-6-5-15(22)11-13(16)4-7-18(17)21(20)9-2-3-14(21)12-19(20)23/h5-6,11,14,17-19,22-23H,2-4,7-10,12H2,1H3/t14-,17-,18-,19-,20-,21-/m1/s1. The summed E-state index contributed by atoms with van der Waals surface area (Å²) in [7, 11) is 0. The van der Waals surface area contributed by atoms with Crippen LogP contribution < -0.4 is 0 Å². The molecule has 23 heavy (non-hydrogen) atoms. The van der Waals surface area contributed by atoms with Crippen LogP contribution >= 0.6 is 0 Å². The van der Waals surface area contributed by atoms with Gasteiger partial charge in [-0.05, 0) is 96.8 Å². The third-order valence-electron chi connectivity index (χ3n) is 8.55. The Balaban J connectivity index is 1.63. The van der Waals surface area contributed by atoms with Crippen LogP contribution in [0, 0.1) is 22.7 Å². The summed E-state index contributed by atoms with van der Waals surface area (Å²) in [6.45, 7) is 2.41. The molecule has 3 saturated carbocycles. The molecule has 6 atom stereocenters. The molecule has 1 aromatic carbocycles. The van der Waals surface area contributed by atoms with Crippen LogP contribution in [0.2, 0.25) is 0 Å². The van der Waals surface area contributed by atoms with E-state index in [4.69, 9.17) is 0 Å². The van der Waals surface area contributed by atoms with Gasteiger partial charge in [0.2, 0.25) is 0 Å². The fraction of sp³-hybridized carbons (Fsp3) is 0.714. The van der Waals surface area contributed by atoms with Gasteiger partial charge in [0.05, 0.1) is 6.10 Å². The van der Waals surface area contributed by atoms with E-state index in [1.54, 1.807) is 0 Å². The maximum atomic E-state index is 10.9. The molecule has 0 aliphatic heterocycles. The summed E-state index contributed by atoms with van der Waals surface area (Å²) in [5.41, 5.74) is 3.40. The lowest BCUT2D eigenvalue weighted by molar-refractivity contribution is -0.102. The lowest BCUT2D eigenvalue weighted by atomic mass is 9.46. The van der Waals surface area contributed by atoms with Crippen molar-refractivity contribution in [2.45, 2.75) is 70.3 Å². The first-order chi connectivity index (χ1) is 11.1. The van der Waals surface area contributed by atoms with E-state index >= 15 is 0 Å². The van der Waals surface area contributed by atoms with Crippen LogP contribution in [0.25, 0.3) is 0 Å². The van der Waals surface area contributed by atoms with Crippen LogP contribution in [0.4, 0.5) is 0 Å². The third-order valence-corrected chi connectivity index (χ3v) is 8.55. The van der Waals surface area contributed by atoms with E-state index in [-0.39, 0.29) is 11.5 Å². The normalized spacial score (nSPS) is 47.6. The van der Waals surface area contributed by atoms with E-state index in [1.165, 1.54) is 49.7 Å². The van der Waals surface area contributed by atoms with Crippen molar-refractivity contribution in [3.63, 3.8) is 0 Å². The summed E-state index contributed by atoms with van der Waals surface area (Å²) in [6, 6.07) is 6.06. The quantitative estimate of drug-likeness (QED) is 0.746. The summed E-state index contributed by atoms with van der Waals surface area (Å²) in [6.07, 6.45) is 9.72. The third kappa shape index (κ3) is 1.59. The van der Waals surface area contributed by atoms with E-state index < -0.39 is 0 Å². The second kappa shape index (κ2) is 4.53. The monoisotopic (exact) mass is 312 g/mol. The highest BCUT2D eigenvalue weighted by molar-refractivity contribution is 5.41. The van der Waals surface area contributed by atoms with Crippen LogP contribution in [-0.4, -0.2) is 16.3 Å². The second-order valence-corrected chi connectivity index (χ2v) is 8.97. The number of hydrogen-bond donors (Lipinski definition) is 2. The fourth-order valence-electron chi connectivity index (χ4n) is 7.66. The first kappa shape index (κ1) is 14.3. The number of phenolic OH excluding ortho intramolecular Hbond substituents is 1. The minimum Gasteiger partial charge on any atom is -0.508 e. The predicted molar refractivity (Wildman–Crippen MR) is 90.4 cm³/mol. The highest BCUT2D eigenvalue weighted by Crippen LogP contribution is 2.74. The predicted octanol–water partition coefficient (Wildman–Crippen LogP) is 4.39. The molecule has 0 amide bonds. The van der Waals surface area contributed by atoms with Gasteiger partial charge in [0, 0.05) is 0 Å². The van der Waals surface area contributed by atoms with Crippen molar-refractivity contribution in [3.05, 3.63) is 29.3 Å². The van der Waals surface area contributed by atoms with Gasteiger partial charge >= 0.3 is 0 Å². The molecular weight excluding hydrogens is 284 g/mol. The smallest absolute Gasteiger partial charge is 0.115 e. The molecule has 2 N–H and O–H groups in total. The van der Waals surface area contributed by atoms with Gasteiger partial charge in [-0.3, -0.25) is 0 Å². The molecular formula is C21H28O2. The second-order valence-electron chi connectivity index (χ2n) is 8.97. The average molecular weight is 312 g/mol. The van der Waals surface area contributed by atoms with Crippen molar-refractivity contribution in [2.75, 3.05) is 0 Å². The van der Waals surface area contributed by atoms with Crippen molar-refractivity contribution in [1.29, 1.82) is 0 Å². The lowest BCUT2D eigenvalue weighted by Gasteiger charge is -2.58. The molecule has 4 aliphatic rings. The number of aryl methyl sites for hydroxylation is 1. The van der Waals surface area contributed by atoms with Gasteiger partial charge in [-0.15, -0.1) is 0 Å². The van der Waals surface area contributed by atoms with E-state index in [9.17, 15) is 10.2 Å². The molecule has 0 radical (unpaired) electrons. The summed E-state index contributed by atoms with van der Waals surface area (Å²) in [5, 5.41) is 20.7. The molecule has 0 unspecified atom stereocenters. The van der Waals surface area contributed by atoms with Gasteiger partial charge in [-0.25, -0.2) is 0 Å². The van der Waals surface area contributed by atoms with Gasteiger partial charge in [-0.2, -0.15) is 0 Å². The van der Waals surface area contributed by atoms with E-state index in [2.05, 4.69) is 13.0 Å². The van der Waals surface area contributed by atoms with Gasteiger partial charge in [0.25, 0.3) is 0 Å². The van der Waals surface area contributed by atoms with Crippen molar-refractivity contribution in [1.82, 2.24) is 0 Å². The Labute approximate surface area is 138 Å². The van der Waals surface area contributed by atoms with E-state index in [1.807, 2.05) is 12.1 Å². The van der Waals surface area contributed by atoms with E-state index in [0.29, 0.717) is 17.1 Å². The number of benzene rings is 1. The van der Waals surface area contributed by atoms with Gasteiger partial charge in [-0.1, -0.05) is 19.4 Å². The van der Waals surface area contributed by atoms with Crippen molar-refractivity contribution < 1.29 is 10.2 Å². The molecule has 0 saturated heterocycles. The Hall–Kier alpha value is -1.02. The Kier molecular flexibility index (Phi) is 2.83. The molecule has 0 bridgehead atoms. The zero-order valence-corrected chi connectivity index (χ0v) is 14.1. The first-order valence-corrected chi connectivity index (χ1v) is 9.56. The fourth-order valence-corrected chi connectivity index (χ4v) is 7.66.